The number of carboxylic acids is 1. The fourth-order valence-electron chi connectivity index (χ4n) is 2.60. The summed E-state index contributed by atoms with van der Waals surface area (Å²) in [5.41, 5.74) is 1.27. The van der Waals surface area contributed by atoms with Crippen LogP contribution in [0.15, 0.2) is 57.8 Å². The van der Waals surface area contributed by atoms with Crippen LogP contribution < -0.4 is 4.72 Å². The second-order valence-electron chi connectivity index (χ2n) is 5.71. The van der Waals surface area contributed by atoms with E-state index in [-0.39, 0.29) is 22.7 Å². The summed E-state index contributed by atoms with van der Waals surface area (Å²) in [6.45, 7) is 1.53. The fraction of sp³-hybridized carbons (Fsp3) is 0.111. The van der Waals surface area contributed by atoms with Gasteiger partial charge in [-0.3, -0.25) is 4.79 Å². The first-order chi connectivity index (χ1) is 12.3. The first-order valence-electron chi connectivity index (χ1n) is 7.64. The van der Waals surface area contributed by atoms with Crippen LogP contribution in [-0.2, 0) is 21.2 Å². The Bertz CT molecular complexity index is 1100. The third-order valence-corrected chi connectivity index (χ3v) is 5.24. The minimum absolute atomic E-state index is 0.0732. The van der Waals surface area contributed by atoms with Gasteiger partial charge in [0.05, 0.1) is 11.3 Å². The number of carbonyl (C=O) groups is 2. The number of carboxylic acid groups (broad SMARTS) is 1. The molecular formula is C18H15NO6S. The van der Waals surface area contributed by atoms with Crippen molar-refractivity contribution < 1.29 is 27.5 Å². The van der Waals surface area contributed by atoms with Crippen LogP contribution in [0.2, 0.25) is 0 Å². The zero-order valence-corrected chi connectivity index (χ0v) is 14.5. The van der Waals surface area contributed by atoms with Gasteiger partial charge in [0, 0.05) is 10.9 Å². The third-order valence-electron chi connectivity index (χ3n) is 3.87. The van der Waals surface area contributed by atoms with Crippen LogP contribution in [0.5, 0.6) is 0 Å². The minimum Gasteiger partial charge on any atom is -0.475 e. The maximum absolute atomic E-state index is 12.4. The first-order valence-corrected chi connectivity index (χ1v) is 9.12. The molecule has 0 aliphatic heterocycles. The summed E-state index contributed by atoms with van der Waals surface area (Å²) in [5, 5.41) is 9.45. The molecule has 26 heavy (non-hydrogen) atoms. The first kappa shape index (κ1) is 17.7. The van der Waals surface area contributed by atoms with Crippen LogP contribution in [-0.4, -0.2) is 25.4 Å². The molecule has 2 N–H and O–H groups in total. The number of amides is 1. The molecule has 0 saturated heterocycles. The summed E-state index contributed by atoms with van der Waals surface area (Å²) in [6, 6.07) is 12.7. The highest BCUT2D eigenvalue weighted by molar-refractivity contribution is 7.90. The number of furan rings is 1. The Kier molecular flexibility index (Phi) is 4.52. The van der Waals surface area contributed by atoms with Gasteiger partial charge in [0.15, 0.2) is 0 Å². The van der Waals surface area contributed by atoms with Crippen LogP contribution >= 0.6 is 0 Å². The number of aromatic carboxylic acids is 1. The molecule has 0 radical (unpaired) electrons. The molecule has 2 aromatic carbocycles. The Morgan fingerprint density at radius 1 is 1.12 bits per heavy atom. The molecule has 1 aromatic heterocycles. The molecule has 3 rings (SSSR count). The predicted molar refractivity (Wildman–Crippen MR) is 93.4 cm³/mol. The maximum atomic E-state index is 12.4. The smallest absolute Gasteiger partial charge is 0.372 e. The van der Waals surface area contributed by atoms with Crippen molar-refractivity contribution in [2.45, 2.75) is 18.2 Å². The van der Waals surface area contributed by atoms with Crippen molar-refractivity contribution in [2.24, 2.45) is 0 Å². The monoisotopic (exact) mass is 373 g/mol. The molecule has 0 bridgehead atoms. The van der Waals surface area contributed by atoms with E-state index in [1.165, 1.54) is 25.1 Å². The van der Waals surface area contributed by atoms with E-state index in [0.29, 0.717) is 16.5 Å². The molecule has 3 aromatic rings. The van der Waals surface area contributed by atoms with Gasteiger partial charge in [0.1, 0.15) is 5.58 Å². The minimum atomic E-state index is -4.09. The van der Waals surface area contributed by atoms with E-state index >= 15 is 0 Å². The standard InChI is InChI=1S/C18H15NO6S/c1-11-14-10-13(7-8-15(14)25-17(11)18(21)22)26(23,24)19-16(20)9-12-5-3-2-4-6-12/h2-8,10H,9H2,1H3,(H,19,20)(H,21,22). The third kappa shape index (κ3) is 3.45. The highest BCUT2D eigenvalue weighted by Gasteiger charge is 2.22. The number of nitrogens with one attached hydrogen (secondary N) is 1. The Hall–Kier alpha value is -3.13. The molecule has 0 fully saturated rings. The molecule has 1 heterocycles. The quantitative estimate of drug-likeness (QED) is 0.710. The number of benzene rings is 2. The van der Waals surface area contributed by atoms with Crippen molar-refractivity contribution in [1.82, 2.24) is 4.72 Å². The van der Waals surface area contributed by atoms with Crippen LogP contribution in [0.1, 0.15) is 21.7 Å². The van der Waals surface area contributed by atoms with E-state index in [9.17, 15) is 18.0 Å². The van der Waals surface area contributed by atoms with Crippen molar-refractivity contribution in [3.05, 3.63) is 65.4 Å². The second-order valence-corrected chi connectivity index (χ2v) is 7.39. The van der Waals surface area contributed by atoms with Gasteiger partial charge in [-0.1, -0.05) is 30.3 Å². The van der Waals surface area contributed by atoms with E-state index in [0.717, 1.165) is 0 Å². The molecule has 7 nitrogen and oxygen atoms in total. The number of aryl methyl sites for hydroxylation is 1. The summed E-state index contributed by atoms with van der Waals surface area (Å²) < 4.78 is 32.1. The summed E-state index contributed by atoms with van der Waals surface area (Å²) in [6.07, 6.45) is -0.0732. The molecule has 0 spiro atoms. The Balaban J connectivity index is 1.88. The molecule has 8 heteroatoms. The van der Waals surface area contributed by atoms with Gasteiger partial charge in [-0.25, -0.2) is 17.9 Å². The summed E-state index contributed by atoms with van der Waals surface area (Å²) in [7, 11) is -4.09. The van der Waals surface area contributed by atoms with E-state index < -0.39 is 21.9 Å². The van der Waals surface area contributed by atoms with Crippen molar-refractivity contribution in [2.75, 3.05) is 0 Å². The molecule has 0 atom stereocenters. The average Bonchev–Trinajstić information content (AvgIpc) is 2.92. The predicted octanol–water partition coefficient (Wildman–Crippen LogP) is 2.49. The van der Waals surface area contributed by atoms with Crippen molar-refractivity contribution in [3.8, 4) is 0 Å². The van der Waals surface area contributed by atoms with Crippen LogP contribution in [0, 0.1) is 6.92 Å². The number of sulfonamides is 1. The van der Waals surface area contributed by atoms with Gasteiger partial charge in [-0.2, -0.15) is 0 Å². The number of hydrogen-bond acceptors (Lipinski definition) is 5. The summed E-state index contributed by atoms with van der Waals surface area (Å²) in [4.78, 5) is 23.0. The molecular weight excluding hydrogens is 358 g/mol. The second kappa shape index (κ2) is 6.64. The van der Waals surface area contributed by atoms with E-state index in [1.807, 2.05) is 4.72 Å². The molecule has 0 saturated carbocycles. The number of hydrogen-bond donors (Lipinski definition) is 2. The van der Waals surface area contributed by atoms with Crippen molar-refractivity contribution in [3.63, 3.8) is 0 Å². The van der Waals surface area contributed by atoms with Gasteiger partial charge in [-0.15, -0.1) is 0 Å². The lowest BCUT2D eigenvalue weighted by molar-refractivity contribution is -0.118. The molecule has 0 aliphatic rings. The van der Waals surface area contributed by atoms with Gasteiger partial charge in [0.25, 0.3) is 10.0 Å². The topological polar surface area (TPSA) is 114 Å². The normalized spacial score (nSPS) is 11.4. The van der Waals surface area contributed by atoms with E-state index in [1.54, 1.807) is 30.3 Å². The lowest BCUT2D eigenvalue weighted by atomic mass is 10.1. The Labute approximate surface area is 149 Å². The van der Waals surface area contributed by atoms with Crippen LogP contribution in [0.25, 0.3) is 11.0 Å². The lowest BCUT2D eigenvalue weighted by Crippen LogP contribution is -2.31. The van der Waals surface area contributed by atoms with Gasteiger partial charge in [-0.05, 0) is 30.7 Å². The SMILES string of the molecule is Cc1c(C(=O)O)oc2ccc(S(=O)(=O)NC(=O)Cc3ccccc3)cc12. The number of fused-ring (bicyclic) bond motifs is 1. The molecule has 0 aliphatic carbocycles. The van der Waals surface area contributed by atoms with Crippen LogP contribution in [0.4, 0.5) is 0 Å². The van der Waals surface area contributed by atoms with Gasteiger partial charge in [0.2, 0.25) is 11.7 Å². The Morgan fingerprint density at radius 2 is 1.81 bits per heavy atom. The van der Waals surface area contributed by atoms with Gasteiger partial charge < -0.3 is 9.52 Å². The number of rotatable bonds is 5. The average molecular weight is 373 g/mol. The molecule has 0 unspecified atom stereocenters. The summed E-state index contributed by atoms with van der Waals surface area (Å²) in [5.74, 6) is -2.15. The van der Waals surface area contributed by atoms with E-state index in [2.05, 4.69) is 0 Å². The maximum Gasteiger partial charge on any atom is 0.372 e. The lowest BCUT2D eigenvalue weighted by Gasteiger charge is -2.07. The fourth-order valence-corrected chi connectivity index (χ4v) is 3.61. The summed E-state index contributed by atoms with van der Waals surface area (Å²) >= 11 is 0. The van der Waals surface area contributed by atoms with E-state index in [4.69, 9.17) is 9.52 Å². The largest absolute Gasteiger partial charge is 0.475 e. The van der Waals surface area contributed by atoms with Crippen molar-refractivity contribution >= 4 is 32.9 Å². The van der Waals surface area contributed by atoms with Crippen LogP contribution in [0.3, 0.4) is 0 Å². The molecule has 134 valence electrons. The Morgan fingerprint density at radius 3 is 2.46 bits per heavy atom. The zero-order valence-electron chi connectivity index (χ0n) is 13.7. The van der Waals surface area contributed by atoms with Gasteiger partial charge >= 0.3 is 5.97 Å². The molecule has 1 amide bonds. The highest BCUT2D eigenvalue weighted by atomic mass is 32.2. The number of carbonyl (C=O) groups excluding carboxylic acids is 1. The van der Waals surface area contributed by atoms with Crippen molar-refractivity contribution in [1.29, 1.82) is 0 Å². The highest BCUT2D eigenvalue weighted by Crippen LogP contribution is 2.27. The zero-order chi connectivity index (χ0) is 18.9.